The van der Waals surface area contributed by atoms with Gasteiger partial charge >= 0.3 is 0 Å². The first kappa shape index (κ1) is 24.3. The Kier molecular flexibility index (Phi) is 7.51. The number of amides is 1. The predicted octanol–water partition coefficient (Wildman–Crippen LogP) is 3.85. The average Bonchev–Trinajstić information content (AvgIpc) is 3.36. The SMILES string of the molecule is CCOc1ccc(C2CC(C(=O)NCc3cccc(OC)c3)C3C(NNC3c3ccccc3)N2)cc1. The van der Waals surface area contributed by atoms with Crippen LogP contribution >= 0.6 is 0 Å². The van der Waals surface area contributed by atoms with Gasteiger partial charge in [0.1, 0.15) is 11.5 Å². The predicted molar refractivity (Wildman–Crippen MR) is 139 cm³/mol. The maximum Gasteiger partial charge on any atom is 0.223 e. The van der Waals surface area contributed by atoms with E-state index in [1.165, 1.54) is 5.56 Å². The van der Waals surface area contributed by atoms with Crippen LogP contribution in [-0.2, 0) is 11.3 Å². The molecule has 7 heteroatoms. The summed E-state index contributed by atoms with van der Waals surface area (Å²) in [6.07, 6.45) is 0.652. The van der Waals surface area contributed by atoms with Gasteiger partial charge in [-0.2, -0.15) is 0 Å². The van der Waals surface area contributed by atoms with Crippen molar-refractivity contribution in [2.75, 3.05) is 13.7 Å². The number of nitrogens with one attached hydrogen (secondary N) is 4. The number of benzene rings is 3. The molecule has 0 aromatic heterocycles. The van der Waals surface area contributed by atoms with Crippen LogP contribution in [0, 0.1) is 11.8 Å². The lowest BCUT2D eigenvalue weighted by Gasteiger charge is -2.40. The molecule has 0 radical (unpaired) electrons. The van der Waals surface area contributed by atoms with E-state index in [2.05, 4.69) is 45.8 Å². The number of methoxy groups -OCH3 is 1. The Morgan fingerprint density at radius 2 is 1.75 bits per heavy atom. The Morgan fingerprint density at radius 3 is 2.50 bits per heavy atom. The normalized spacial score (nSPS) is 25.1. The lowest BCUT2D eigenvalue weighted by atomic mass is 9.74. The molecule has 188 valence electrons. The molecule has 2 aliphatic heterocycles. The zero-order valence-corrected chi connectivity index (χ0v) is 20.7. The minimum absolute atomic E-state index is 0.0255. The largest absolute Gasteiger partial charge is 0.497 e. The molecular weight excluding hydrogens is 452 g/mol. The van der Waals surface area contributed by atoms with Gasteiger partial charge in [-0.25, -0.2) is 10.9 Å². The van der Waals surface area contributed by atoms with Crippen LogP contribution in [0.3, 0.4) is 0 Å². The van der Waals surface area contributed by atoms with E-state index in [0.29, 0.717) is 19.6 Å². The fourth-order valence-corrected chi connectivity index (χ4v) is 5.42. The molecule has 5 rings (SSSR count). The number of piperidine rings is 1. The van der Waals surface area contributed by atoms with E-state index in [1.54, 1.807) is 7.11 Å². The number of fused-ring (bicyclic) bond motifs is 1. The zero-order chi connectivity index (χ0) is 24.9. The number of carbonyl (C=O) groups excluding carboxylic acids is 1. The Labute approximate surface area is 212 Å². The van der Waals surface area contributed by atoms with E-state index in [9.17, 15) is 4.79 Å². The van der Waals surface area contributed by atoms with Crippen LogP contribution in [0.15, 0.2) is 78.9 Å². The number of hydrazine groups is 1. The topological polar surface area (TPSA) is 83.7 Å². The van der Waals surface area contributed by atoms with Gasteiger partial charge in [-0.3, -0.25) is 10.1 Å². The highest BCUT2D eigenvalue weighted by Crippen LogP contribution is 2.42. The first-order valence-electron chi connectivity index (χ1n) is 12.6. The smallest absolute Gasteiger partial charge is 0.223 e. The van der Waals surface area contributed by atoms with Crippen molar-refractivity contribution in [3.63, 3.8) is 0 Å². The van der Waals surface area contributed by atoms with Crippen LogP contribution in [-0.4, -0.2) is 25.8 Å². The third kappa shape index (κ3) is 5.23. The van der Waals surface area contributed by atoms with Crippen molar-refractivity contribution in [3.8, 4) is 11.5 Å². The molecule has 0 spiro atoms. The van der Waals surface area contributed by atoms with Gasteiger partial charge in [-0.15, -0.1) is 0 Å². The number of ether oxygens (including phenoxy) is 2. The number of hydrogen-bond donors (Lipinski definition) is 4. The molecule has 4 N–H and O–H groups in total. The highest BCUT2D eigenvalue weighted by Gasteiger charge is 2.49. The summed E-state index contributed by atoms with van der Waals surface area (Å²) in [5.74, 6) is 1.57. The van der Waals surface area contributed by atoms with Crippen molar-refractivity contribution < 1.29 is 14.3 Å². The molecule has 2 saturated heterocycles. The van der Waals surface area contributed by atoms with E-state index in [0.717, 1.165) is 22.6 Å². The van der Waals surface area contributed by atoms with Crippen molar-refractivity contribution >= 4 is 5.91 Å². The molecule has 36 heavy (non-hydrogen) atoms. The Morgan fingerprint density at radius 1 is 0.944 bits per heavy atom. The van der Waals surface area contributed by atoms with Gasteiger partial charge in [-0.05, 0) is 54.3 Å². The third-order valence-electron chi connectivity index (χ3n) is 7.19. The number of rotatable bonds is 8. The summed E-state index contributed by atoms with van der Waals surface area (Å²) in [4.78, 5) is 13.7. The molecule has 0 saturated carbocycles. The summed E-state index contributed by atoms with van der Waals surface area (Å²) in [5.41, 5.74) is 10.2. The van der Waals surface area contributed by atoms with Crippen LogP contribution < -0.4 is 31.0 Å². The Bertz CT molecular complexity index is 1150. The van der Waals surface area contributed by atoms with Gasteiger partial charge < -0.3 is 14.8 Å². The van der Waals surface area contributed by atoms with Crippen LogP contribution in [0.2, 0.25) is 0 Å². The molecular formula is C29H34N4O3. The lowest BCUT2D eigenvalue weighted by Crippen LogP contribution is -2.54. The summed E-state index contributed by atoms with van der Waals surface area (Å²) in [6.45, 7) is 3.08. The third-order valence-corrected chi connectivity index (χ3v) is 7.19. The lowest BCUT2D eigenvalue weighted by molar-refractivity contribution is -0.129. The minimum Gasteiger partial charge on any atom is -0.497 e. The maximum absolute atomic E-state index is 13.7. The van der Waals surface area contributed by atoms with Crippen molar-refractivity contribution in [1.29, 1.82) is 0 Å². The van der Waals surface area contributed by atoms with Crippen LogP contribution in [0.25, 0.3) is 0 Å². The van der Waals surface area contributed by atoms with E-state index in [-0.39, 0.29) is 36.0 Å². The van der Waals surface area contributed by atoms with Gasteiger partial charge in [0.15, 0.2) is 0 Å². The molecule has 5 unspecified atom stereocenters. The molecule has 0 bridgehead atoms. The maximum atomic E-state index is 13.7. The first-order chi connectivity index (χ1) is 17.7. The fourth-order valence-electron chi connectivity index (χ4n) is 5.42. The van der Waals surface area contributed by atoms with Crippen LogP contribution in [0.1, 0.15) is 42.1 Å². The molecule has 1 amide bonds. The molecule has 2 aliphatic rings. The van der Waals surface area contributed by atoms with Crippen molar-refractivity contribution in [1.82, 2.24) is 21.5 Å². The van der Waals surface area contributed by atoms with Crippen LogP contribution in [0.5, 0.6) is 11.5 Å². The van der Waals surface area contributed by atoms with E-state index in [1.807, 2.05) is 61.5 Å². The fraction of sp³-hybridized carbons (Fsp3) is 0.345. The molecule has 0 aliphatic carbocycles. The molecule has 7 nitrogen and oxygen atoms in total. The summed E-state index contributed by atoms with van der Waals surface area (Å²) in [5, 5.41) is 6.95. The number of hydrogen-bond acceptors (Lipinski definition) is 6. The van der Waals surface area contributed by atoms with Gasteiger partial charge in [-0.1, -0.05) is 54.6 Å². The van der Waals surface area contributed by atoms with E-state index < -0.39 is 0 Å². The second-order valence-electron chi connectivity index (χ2n) is 9.36. The molecule has 3 aromatic carbocycles. The monoisotopic (exact) mass is 486 g/mol. The average molecular weight is 487 g/mol. The Balaban J connectivity index is 1.38. The van der Waals surface area contributed by atoms with Gasteiger partial charge in [0.2, 0.25) is 5.91 Å². The molecule has 2 heterocycles. The second kappa shape index (κ2) is 11.1. The quantitative estimate of drug-likeness (QED) is 0.387. The van der Waals surface area contributed by atoms with E-state index >= 15 is 0 Å². The van der Waals surface area contributed by atoms with Crippen molar-refractivity contribution in [2.45, 2.75) is 38.1 Å². The minimum atomic E-state index is -0.189. The van der Waals surface area contributed by atoms with Crippen LogP contribution in [0.4, 0.5) is 0 Å². The molecule has 3 aromatic rings. The number of carbonyl (C=O) groups is 1. The summed E-state index contributed by atoms with van der Waals surface area (Å²) >= 11 is 0. The second-order valence-corrected chi connectivity index (χ2v) is 9.36. The van der Waals surface area contributed by atoms with E-state index in [4.69, 9.17) is 9.47 Å². The zero-order valence-electron chi connectivity index (χ0n) is 20.7. The van der Waals surface area contributed by atoms with Crippen molar-refractivity contribution in [3.05, 3.63) is 95.6 Å². The highest BCUT2D eigenvalue weighted by atomic mass is 16.5. The summed E-state index contributed by atoms with van der Waals surface area (Å²) < 4.78 is 11.0. The first-order valence-corrected chi connectivity index (χ1v) is 12.6. The molecule has 2 fully saturated rings. The van der Waals surface area contributed by atoms with Gasteiger partial charge in [0, 0.05) is 24.4 Å². The summed E-state index contributed by atoms with van der Waals surface area (Å²) in [7, 11) is 1.65. The Hall–Kier alpha value is -3.39. The highest BCUT2D eigenvalue weighted by molar-refractivity contribution is 5.79. The summed E-state index contributed by atoms with van der Waals surface area (Å²) in [6, 6.07) is 26.4. The molecule has 5 atom stereocenters. The van der Waals surface area contributed by atoms with Crippen molar-refractivity contribution in [2.24, 2.45) is 11.8 Å². The van der Waals surface area contributed by atoms with Gasteiger partial charge in [0.05, 0.1) is 25.9 Å². The standard InChI is InChI=1S/C29H34N4O3/c1-3-36-22-14-12-20(13-15-22)25-17-24(29(34)30-18-19-8-7-11-23(16-19)35-2)26-27(32-33-28(26)31-25)21-9-5-4-6-10-21/h4-16,24-28,31-33H,3,17-18H2,1-2H3,(H,30,34). The van der Waals surface area contributed by atoms with Gasteiger partial charge in [0.25, 0.3) is 0 Å².